The Bertz CT molecular complexity index is 1600. The minimum absolute atomic E-state index is 0.919. The van der Waals surface area contributed by atoms with Crippen molar-refractivity contribution < 1.29 is 4.74 Å². The van der Waals surface area contributed by atoms with E-state index in [0.717, 1.165) is 34.2 Å². The average Bonchev–Trinajstić information content (AvgIpc) is 2.90. The molecule has 0 aromatic heterocycles. The van der Waals surface area contributed by atoms with E-state index in [1.807, 2.05) is 0 Å². The molecule has 3 aliphatic rings. The molecule has 3 heterocycles. The number of rotatable bonds is 2. The SMILES string of the molecule is [S]=[Sb]12[c]3c4cccc3N(c3ccccc3)c3cccc([c]31)N(c1ccccc1)c1cccc([c]12)O4. The molecule has 0 amide bonds. The van der Waals surface area contributed by atoms with Gasteiger partial charge in [-0.2, -0.15) is 0 Å². The van der Waals surface area contributed by atoms with Crippen LogP contribution in [0.1, 0.15) is 0 Å². The monoisotopic (exact) mass is 576 g/mol. The molecule has 0 unspecified atom stereocenters. The first-order valence-corrected chi connectivity index (χ1v) is 19.0. The molecular formula is C30H19N2OSSb. The van der Waals surface area contributed by atoms with Gasteiger partial charge in [-0.15, -0.1) is 0 Å². The van der Waals surface area contributed by atoms with Crippen LogP contribution in [0, 0.1) is 0 Å². The normalized spacial score (nSPS) is 15.3. The Morgan fingerprint density at radius 3 is 1.31 bits per heavy atom. The topological polar surface area (TPSA) is 15.7 Å². The van der Waals surface area contributed by atoms with E-state index in [9.17, 15) is 0 Å². The number of benzene rings is 5. The predicted octanol–water partition coefficient (Wildman–Crippen LogP) is 6.52. The zero-order valence-electron chi connectivity index (χ0n) is 18.6. The molecule has 0 saturated carbocycles. The van der Waals surface area contributed by atoms with Crippen molar-refractivity contribution in [2.75, 3.05) is 9.80 Å². The van der Waals surface area contributed by atoms with Gasteiger partial charge in [0.1, 0.15) is 0 Å². The van der Waals surface area contributed by atoms with Crippen LogP contribution in [0.2, 0.25) is 0 Å². The van der Waals surface area contributed by atoms with Crippen LogP contribution in [0.4, 0.5) is 34.1 Å². The third-order valence-corrected chi connectivity index (χ3v) is 20.0. The number of hydrogen-bond donors (Lipinski definition) is 0. The van der Waals surface area contributed by atoms with Gasteiger partial charge in [-0.25, -0.2) is 0 Å². The summed E-state index contributed by atoms with van der Waals surface area (Å²) >= 11 is -3.67. The van der Waals surface area contributed by atoms with Crippen molar-refractivity contribution in [3.05, 3.63) is 115 Å². The van der Waals surface area contributed by atoms with Crippen molar-refractivity contribution in [1.82, 2.24) is 0 Å². The molecule has 5 heteroatoms. The molecule has 0 atom stereocenters. The van der Waals surface area contributed by atoms with Gasteiger partial charge in [0.15, 0.2) is 0 Å². The molecule has 5 aromatic carbocycles. The second kappa shape index (κ2) is 7.04. The Labute approximate surface area is 210 Å². The molecule has 3 nitrogen and oxygen atoms in total. The van der Waals surface area contributed by atoms with Crippen LogP contribution in [0.15, 0.2) is 115 Å². The molecule has 166 valence electrons. The summed E-state index contributed by atoms with van der Waals surface area (Å²) in [4.78, 5) is 4.75. The fourth-order valence-corrected chi connectivity index (χ4v) is 19.6. The maximum absolute atomic E-state index is 6.96. The summed E-state index contributed by atoms with van der Waals surface area (Å²) in [5, 5.41) is 0. The number of anilines is 6. The van der Waals surface area contributed by atoms with Crippen LogP contribution in [-0.2, 0) is 0 Å². The van der Waals surface area contributed by atoms with Crippen LogP contribution >= 0.6 is 9.19 Å². The summed E-state index contributed by atoms with van der Waals surface area (Å²) in [6.07, 6.45) is 0. The molecule has 0 saturated heterocycles. The molecule has 0 spiro atoms. The van der Waals surface area contributed by atoms with E-state index in [1.54, 1.807) is 0 Å². The predicted molar refractivity (Wildman–Crippen MR) is 148 cm³/mol. The third kappa shape index (κ3) is 2.46. The van der Waals surface area contributed by atoms with Gasteiger partial charge in [0.2, 0.25) is 0 Å². The minimum atomic E-state index is -3.67. The summed E-state index contributed by atoms with van der Waals surface area (Å²) in [5.74, 6) is 1.84. The quantitative estimate of drug-likeness (QED) is 0.217. The fraction of sp³-hybridized carbons (Fsp3) is 0. The van der Waals surface area contributed by atoms with E-state index in [4.69, 9.17) is 13.9 Å². The first kappa shape index (κ1) is 19.8. The molecule has 0 fully saturated rings. The Balaban J connectivity index is 1.56. The van der Waals surface area contributed by atoms with Gasteiger partial charge in [0.25, 0.3) is 0 Å². The molecule has 3 aliphatic heterocycles. The molecule has 8 rings (SSSR count). The van der Waals surface area contributed by atoms with Gasteiger partial charge in [-0.05, 0) is 0 Å². The zero-order valence-corrected chi connectivity index (χ0v) is 22.0. The standard InChI is InChI=1S/C30H19N2O.S.Sb/c1-3-10-23(11-4-1)31-25-14-7-15-26(20-25)32(24-12-5-2-6-13-24)28-17-9-19-30(22-28)33-29-18-8-16-27(31)21-29;;/h1-19H;;. The van der Waals surface area contributed by atoms with Crippen molar-refractivity contribution in [3.63, 3.8) is 0 Å². The molecule has 0 bridgehead atoms. The third-order valence-electron chi connectivity index (χ3n) is 7.11. The van der Waals surface area contributed by atoms with Crippen LogP contribution in [0.5, 0.6) is 11.5 Å². The number of nitrogens with zero attached hydrogens (tertiary/aromatic N) is 2. The molecule has 0 aliphatic carbocycles. The second-order valence-corrected chi connectivity index (χ2v) is 19.9. The summed E-state index contributed by atoms with van der Waals surface area (Å²) in [6, 6.07) is 40.7. The average molecular weight is 577 g/mol. The van der Waals surface area contributed by atoms with Crippen molar-refractivity contribution in [2.24, 2.45) is 0 Å². The van der Waals surface area contributed by atoms with Crippen molar-refractivity contribution in [2.45, 2.75) is 0 Å². The van der Waals surface area contributed by atoms with Gasteiger partial charge in [0, 0.05) is 0 Å². The van der Waals surface area contributed by atoms with Crippen molar-refractivity contribution in [3.8, 4) is 11.5 Å². The molecule has 5 aromatic rings. The fourth-order valence-electron chi connectivity index (χ4n) is 5.81. The van der Waals surface area contributed by atoms with Gasteiger partial charge >= 0.3 is 212 Å². The van der Waals surface area contributed by atoms with Gasteiger partial charge < -0.3 is 0 Å². The van der Waals surface area contributed by atoms with Crippen LogP contribution in [0.3, 0.4) is 0 Å². The van der Waals surface area contributed by atoms with Crippen molar-refractivity contribution in [1.29, 1.82) is 0 Å². The summed E-state index contributed by atoms with van der Waals surface area (Å²) in [5.41, 5.74) is 6.98. The Hall–Kier alpha value is -3.46. The Kier molecular flexibility index (Phi) is 3.98. The number of para-hydroxylation sites is 2. The van der Waals surface area contributed by atoms with E-state index < -0.39 is 16.8 Å². The van der Waals surface area contributed by atoms with Crippen LogP contribution in [-0.4, -0.2) is 16.8 Å². The van der Waals surface area contributed by atoms with Crippen LogP contribution in [0.25, 0.3) is 0 Å². The van der Waals surface area contributed by atoms with E-state index in [-0.39, 0.29) is 0 Å². The summed E-state index contributed by atoms with van der Waals surface area (Å²) < 4.78 is 10.4. The number of ether oxygens (including phenoxy) is 1. The van der Waals surface area contributed by atoms with E-state index in [1.165, 1.54) is 21.9 Å². The molecular weight excluding hydrogens is 558 g/mol. The summed E-state index contributed by atoms with van der Waals surface area (Å²) in [6.45, 7) is 0. The number of hydrogen-bond acceptors (Lipinski definition) is 4. The molecule has 35 heavy (non-hydrogen) atoms. The molecule has 0 radical (unpaired) electrons. The zero-order chi connectivity index (χ0) is 23.1. The van der Waals surface area contributed by atoms with E-state index >= 15 is 0 Å². The van der Waals surface area contributed by atoms with Gasteiger partial charge in [-0.1, -0.05) is 0 Å². The van der Waals surface area contributed by atoms with Gasteiger partial charge in [0.05, 0.1) is 0 Å². The van der Waals surface area contributed by atoms with E-state index in [2.05, 4.69) is 125 Å². The Morgan fingerprint density at radius 2 is 0.857 bits per heavy atom. The first-order chi connectivity index (χ1) is 17.3. The van der Waals surface area contributed by atoms with Crippen molar-refractivity contribution >= 4 is 70.7 Å². The van der Waals surface area contributed by atoms with Crippen LogP contribution < -0.4 is 25.1 Å². The molecule has 0 N–H and O–H groups in total. The maximum atomic E-state index is 6.96. The Morgan fingerprint density at radius 1 is 0.457 bits per heavy atom. The van der Waals surface area contributed by atoms with E-state index in [0.29, 0.717) is 0 Å². The second-order valence-electron chi connectivity index (χ2n) is 8.95. The summed E-state index contributed by atoms with van der Waals surface area (Å²) in [7, 11) is 6.96. The van der Waals surface area contributed by atoms with Gasteiger partial charge in [-0.3, -0.25) is 0 Å². The first-order valence-electron chi connectivity index (χ1n) is 11.7.